The Morgan fingerprint density at radius 1 is 1.10 bits per heavy atom. The van der Waals surface area contributed by atoms with Gasteiger partial charge in [-0.15, -0.1) is 0 Å². The molecule has 0 aliphatic heterocycles. The molecule has 2 heterocycles. The monoisotopic (exact) mass is 434 g/mol. The Balaban J connectivity index is 1.58. The van der Waals surface area contributed by atoms with Gasteiger partial charge in [-0.05, 0) is 55.3 Å². The van der Waals surface area contributed by atoms with Crippen molar-refractivity contribution < 1.29 is 9.18 Å². The maximum absolute atomic E-state index is 14.0. The van der Waals surface area contributed by atoms with Crippen molar-refractivity contribution in [1.82, 2.24) is 19.9 Å². The van der Waals surface area contributed by atoms with Crippen molar-refractivity contribution in [2.24, 2.45) is 0 Å². The number of nitrogens with zero attached hydrogens (tertiary/aromatic N) is 3. The Labute approximate surface area is 184 Å². The average molecular weight is 435 g/mol. The van der Waals surface area contributed by atoms with E-state index in [-0.39, 0.29) is 17.8 Å². The summed E-state index contributed by atoms with van der Waals surface area (Å²) < 4.78 is 16.1. The van der Waals surface area contributed by atoms with Crippen LogP contribution in [0.25, 0.3) is 11.2 Å². The Morgan fingerprint density at radius 2 is 1.87 bits per heavy atom. The number of rotatable bonds is 7. The van der Waals surface area contributed by atoms with Crippen LogP contribution in [0.3, 0.4) is 0 Å². The number of hydrogen-bond donors (Lipinski definition) is 1. The fourth-order valence-electron chi connectivity index (χ4n) is 3.24. The van der Waals surface area contributed by atoms with E-state index in [1.807, 2.05) is 60.9 Å². The molecule has 7 heteroatoms. The Bertz CT molecular complexity index is 1200. The molecule has 158 valence electrons. The molecule has 0 saturated carbocycles. The summed E-state index contributed by atoms with van der Waals surface area (Å²) in [6.07, 6.45) is 1.74. The van der Waals surface area contributed by atoms with Crippen molar-refractivity contribution in [3.63, 3.8) is 0 Å². The molecule has 2 aromatic heterocycles. The third-order valence-electron chi connectivity index (χ3n) is 4.76. The molecule has 2 aromatic carbocycles. The Hall–Kier alpha value is -3.19. The fraction of sp³-hybridized carbons (Fsp3) is 0.208. The molecule has 4 aromatic rings. The van der Waals surface area contributed by atoms with E-state index in [4.69, 9.17) is 4.98 Å². The minimum Gasteiger partial charge on any atom is -0.350 e. The first-order valence-corrected chi connectivity index (χ1v) is 11.1. The summed E-state index contributed by atoms with van der Waals surface area (Å²) in [5.74, 6) is 0.174. The second-order valence-electron chi connectivity index (χ2n) is 7.53. The molecule has 1 amide bonds. The number of thioether (sulfide) groups is 1. The second-order valence-corrected chi connectivity index (χ2v) is 8.47. The van der Waals surface area contributed by atoms with Gasteiger partial charge in [-0.1, -0.05) is 42.1 Å². The minimum atomic E-state index is -0.217. The van der Waals surface area contributed by atoms with Gasteiger partial charge >= 0.3 is 0 Å². The molecule has 5 nitrogen and oxygen atoms in total. The summed E-state index contributed by atoms with van der Waals surface area (Å²) in [7, 11) is 0. The number of halogens is 1. The van der Waals surface area contributed by atoms with Crippen LogP contribution in [0, 0.1) is 5.82 Å². The van der Waals surface area contributed by atoms with Crippen LogP contribution in [0.1, 0.15) is 35.3 Å². The summed E-state index contributed by atoms with van der Waals surface area (Å²) in [6.45, 7) is 4.42. The van der Waals surface area contributed by atoms with E-state index in [1.54, 1.807) is 18.3 Å². The molecule has 0 bridgehead atoms. The number of benzene rings is 2. The topological polar surface area (TPSA) is 59.8 Å². The normalized spacial score (nSPS) is 11.2. The molecule has 0 aliphatic rings. The van der Waals surface area contributed by atoms with Crippen LogP contribution >= 0.6 is 11.8 Å². The van der Waals surface area contributed by atoms with E-state index in [0.29, 0.717) is 23.4 Å². The first-order valence-electron chi connectivity index (χ1n) is 10.1. The predicted molar refractivity (Wildman–Crippen MR) is 122 cm³/mol. The van der Waals surface area contributed by atoms with Crippen molar-refractivity contribution in [2.75, 3.05) is 0 Å². The van der Waals surface area contributed by atoms with Crippen molar-refractivity contribution in [3.8, 4) is 0 Å². The number of fused-ring (bicyclic) bond motifs is 1. The van der Waals surface area contributed by atoms with Crippen molar-refractivity contribution >= 4 is 28.8 Å². The average Bonchev–Trinajstić information content (AvgIpc) is 3.10. The van der Waals surface area contributed by atoms with E-state index in [0.717, 1.165) is 21.9 Å². The lowest BCUT2D eigenvalue weighted by Crippen LogP contribution is -2.30. The van der Waals surface area contributed by atoms with Crippen LogP contribution in [0.15, 0.2) is 72.0 Å². The quantitative estimate of drug-likeness (QED) is 0.414. The number of imidazole rings is 1. The number of amides is 1. The van der Waals surface area contributed by atoms with Gasteiger partial charge in [0.1, 0.15) is 11.3 Å². The minimum absolute atomic E-state index is 0.0857. The van der Waals surface area contributed by atoms with Crippen LogP contribution in [0.2, 0.25) is 0 Å². The molecule has 0 spiro atoms. The van der Waals surface area contributed by atoms with Crippen LogP contribution in [-0.2, 0) is 12.3 Å². The molecule has 0 radical (unpaired) electrons. The Kier molecular flexibility index (Phi) is 6.32. The molecule has 0 unspecified atom stereocenters. The smallest absolute Gasteiger partial charge is 0.251 e. The molecule has 31 heavy (non-hydrogen) atoms. The SMILES string of the molecule is CC(C)NC(=O)c1ccc(Cn2c(SCc3ccccc3F)nc3cccnc32)cc1. The maximum Gasteiger partial charge on any atom is 0.251 e. The lowest BCUT2D eigenvalue weighted by molar-refractivity contribution is 0.0943. The van der Waals surface area contributed by atoms with Crippen LogP contribution in [0.4, 0.5) is 4.39 Å². The lowest BCUT2D eigenvalue weighted by Gasteiger charge is -2.11. The van der Waals surface area contributed by atoms with Crippen molar-refractivity contribution in [1.29, 1.82) is 0 Å². The van der Waals surface area contributed by atoms with Gasteiger partial charge in [0, 0.05) is 23.6 Å². The van der Waals surface area contributed by atoms with Crippen LogP contribution in [-0.4, -0.2) is 26.5 Å². The number of carbonyl (C=O) groups excluding carboxylic acids is 1. The van der Waals surface area contributed by atoms with E-state index >= 15 is 0 Å². The number of carbonyl (C=O) groups is 1. The molecule has 1 N–H and O–H groups in total. The molecule has 0 aliphatic carbocycles. The third kappa shape index (κ3) is 4.94. The van der Waals surface area contributed by atoms with Crippen molar-refractivity contribution in [2.45, 2.75) is 37.3 Å². The van der Waals surface area contributed by atoms with Crippen LogP contribution in [0.5, 0.6) is 0 Å². The highest BCUT2D eigenvalue weighted by Gasteiger charge is 2.14. The van der Waals surface area contributed by atoms with Gasteiger partial charge in [0.25, 0.3) is 5.91 Å². The summed E-state index contributed by atoms with van der Waals surface area (Å²) in [5.41, 5.74) is 3.87. The number of aromatic nitrogens is 3. The highest BCUT2D eigenvalue weighted by atomic mass is 32.2. The number of pyridine rings is 1. The third-order valence-corrected chi connectivity index (χ3v) is 5.79. The van der Waals surface area contributed by atoms with Gasteiger partial charge < -0.3 is 5.32 Å². The van der Waals surface area contributed by atoms with Gasteiger partial charge in [-0.2, -0.15) is 0 Å². The van der Waals surface area contributed by atoms with E-state index in [9.17, 15) is 9.18 Å². The van der Waals surface area contributed by atoms with Gasteiger partial charge in [-0.3, -0.25) is 9.36 Å². The summed E-state index contributed by atoms with van der Waals surface area (Å²) >= 11 is 1.48. The van der Waals surface area contributed by atoms with E-state index < -0.39 is 0 Å². The highest BCUT2D eigenvalue weighted by molar-refractivity contribution is 7.98. The summed E-state index contributed by atoms with van der Waals surface area (Å²) in [5, 5.41) is 3.67. The molecule has 0 saturated heterocycles. The summed E-state index contributed by atoms with van der Waals surface area (Å²) in [6, 6.07) is 18.2. The van der Waals surface area contributed by atoms with Crippen molar-refractivity contribution in [3.05, 3.63) is 89.4 Å². The van der Waals surface area contributed by atoms with Gasteiger partial charge in [-0.25, -0.2) is 14.4 Å². The first kappa shape index (κ1) is 21.1. The van der Waals surface area contributed by atoms with Gasteiger partial charge in [0.2, 0.25) is 0 Å². The zero-order valence-corrected chi connectivity index (χ0v) is 18.2. The molecule has 0 atom stereocenters. The van der Waals surface area contributed by atoms with E-state index in [1.165, 1.54) is 17.8 Å². The second kappa shape index (κ2) is 9.31. The van der Waals surface area contributed by atoms with Crippen LogP contribution < -0.4 is 5.32 Å². The first-order chi connectivity index (χ1) is 15.0. The highest BCUT2D eigenvalue weighted by Crippen LogP contribution is 2.27. The Morgan fingerprint density at radius 3 is 2.61 bits per heavy atom. The molecular weight excluding hydrogens is 411 g/mol. The largest absolute Gasteiger partial charge is 0.350 e. The molecular formula is C24H23FN4OS. The number of nitrogens with one attached hydrogen (secondary N) is 1. The molecule has 0 fully saturated rings. The molecule has 4 rings (SSSR count). The standard InChI is InChI=1S/C24H23FN4OS/c1-16(2)27-23(30)18-11-9-17(10-12-18)14-29-22-21(8-5-13-26-22)28-24(29)31-15-19-6-3-4-7-20(19)25/h3-13,16H,14-15H2,1-2H3,(H,27,30). The van der Waals surface area contributed by atoms with Gasteiger partial charge in [0.15, 0.2) is 10.8 Å². The van der Waals surface area contributed by atoms with Gasteiger partial charge in [0.05, 0.1) is 6.54 Å². The fourth-order valence-corrected chi connectivity index (χ4v) is 4.23. The number of hydrogen-bond acceptors (Lipinski definition) is 4. The predicted octanol–water partition coefficient (Wildman–Crippen LogP) is 5.05. The summed E-state index contributed by atoms with van der Waals surface area (Å²) in [4.78, 5) is 21.4. The zero-order valence-electron chi connectivity index (χ0n) is 17.4. The van der Waals surface area contributed by atoms with E-state index in [2.05, 4.69) is 10.3 Å². The lowest BCUT2D eigenvalue weighted by atomic mass is 10.1. The zero-order chi connectivity index (χ0) is 21.8. The maximum atomic E-state index is 14.0.